The Hall–Kier alpha value is -1.59. The summed E-state index contributed by atoms with van der Waals surface area (Å²) in [6.07, 6.45) is 7.51. The minimum absolute atomic E-state index is 0.00228. The lowest BCUT2D eigenvalue weighted by Crippen LogP contribution is -2.62. The summed E-state index contributed by atoms with van der Waals surface area (Å²) in [5, 5.41) is 18.3. The Morgan fingerprint density at radius 1 is 1.19 bits per heavy atom. The molecule has 2 amide bonds. The summed E-state index contributed by atoms with van der Waals surface area (Å²) < 4.78 is 1.16. The van der Waals surface area contributed by atoms with Gasteiger partial charge in [-0.05, 0) is 80.7 Å². The Morgan fingerprint density at radius 2 is 1.81 bits per heavy atom. The molecule has 4 saturated carbocycles. The number of amides is 2. The van der Waals surface area contributed by atoms with E-state index in [1.165, 1.54) is 19.3 Å². The van der Waals surface area contributed by atoms with Gasteiger partial charge in [0.2, 0.25) is 0 Å². The number of urea groups is 1. The fourth-order valence-corrected chi connectivity index (χ4v) is 7.24. The number of hydrogen-bond donors (Lipinski definition) is 3. The van der Waals surface area contributed by atoms with Crippen LogP contribution >= 0.6 is 11.3 Å². The fraction of sp³-hybridized carbons (Fsp3) is 0.591. The first-order chi connectivity index (χ1) is 12.9. The smallest absolute Gasteiger partial charge is 0.315 e. The second-order valence-corrected chi connectivity index (χ2v) is 10.5. The maximum Gasteiger partial charge on any atom is 0.315 e. The quantitative estimate of drug-likeness (QED) is 0.733. The maximum atomic E-state index is 12.6. The van der Waals surface area contributed by atoms with Gasteiger partial charge in [0.1, 0.15) is 5.60 Å². The third-order valence-electron chi connectivity index (χ3n) is 6.97. The zero-order valence-corrected chi connectivity index (χ0v) is 16.6. The second kappa shape index (κ2) is 6.21. The van der Waals surface area contributed by atoms with Crippen LogP contribution in [0.15, 0.2) is 30.3 Å². The predicted octanol–water partition coefficient (Wildman–Crippen LogP) is 4.38. The summed E-state index contributed by atoms with van der Waals surface area (Å²) in [5.41, 5.74) is -1.06. The van der Waals surface area contributed by atoms with Gasteiger partial charge >= 0.3 is 6.03 Å². The van der Waals surface area contributed by atoms with E-state index in [0.717, 1.165) is 52.0 Å². The first-order valence-electron chi connectivity index (χ1n) is 10.2. The summed E-state index contributed by atoms with van der Waals surface area (Å²) in [6, 6.07) is 10.0. The summed E-state index contributed by atoms with van der Waals surface area (Å²) in [4.78, 5) is 13.5. The number of thiophene rings is 1. The van der Waals surface area contributed by atoms with Gasteiger partial charge in [-0.15, -0.1) is 11.3 Å². The zero-order valence-electron chi connectivity index (χ0n) is 15.8. The molecule has 4 aliphatic rings. The molecule has 4 bridgehead atoms. The Balaban J connectivity index is 1.23. The predicted molar refractivity (Wildman–Crippen MR) is 109 cm³/mol. The molecule has 4 aliphatic carbocycles. The zero-order chi connectivity index (χ0) is 18.6. The standard InChI is InChI=1S/C22H28N2O2S/c1-21(26,19-9-17-4-2-3-5-18(17)27-19)13-23-20(25)24-22-10-14-6-15(11-22)8-16(7-14)12-22/h2-5,9,14-16,26H,6-8,10-13H2,1H3,(H2,23,24,25). The molecule has 144 valence electrons. The molecule has 1 heterocycles. The van der Waals surface area contributed by atoms with E-state index in [0.29, 0.717) is 0 Å². The Labute approximate surface area is 164 Å². The molecule has 0 saturated heterocycles. The van der Waals surface area contributed by atoms with Crippen LogP contribution < -0.4 is 10.6 Å². The maximum absolute atomic E-state index is 12.6. The molecule has 0 aliphatic heterocycles. The van der Waals surface area contributed by atoms with E-state index in [9.17, 15) is 9.90 Å². The van der Waals surface area contributed by atoms with Gasteiger partial charge in [0.05, 0.1) is 6.54 Å². The Kier molecular flexibility index (Phi) is 4.03. The van der Waals surface area contributed by atoms with Crippen molar-refractivity contribution in [2.24, 2.45) is 17.8 Å². The lowest BCUT2D eigenvalue weighted by molar-refractivity contribution is -0.0141. The van der Waals surface area contributed by atoms with E-state index < -0.39 is 5.60 Å². The number of hydrogen-bond acceptors (Lipinski definition) is 3. The highest BCUT2D eigenvalue weighted by molar-refractivity contribution is 7.19. The average molecular weight is 385 g/mol. The Bertz CT molecular complexity index is 804. The highest BCUT2D eigenvalue weighted by Gasteiger charge is 2.51. The van der Waals surface area contributed by atoms with E-state index in [-0.39, 0.29) is 18.1 Å². The molecular formula is C22H28N2O2S. The van der Waals surface area contributed by atoms with Crippen molar-refractivity contribution in [1.29, 1.82) is 0 Å². The molecule has 6 rings (SSSR count). The number of rotatable bonds is 4. The molecule has 1 unspecified atom stereocenters. The van der Waals surface area contributed by atoms with Crippen LogP contribution in [-0.2, 0) is 5.60 Å². The normalized spacial score (nSPS) is 33.8. The van der Waals surface area contributed by atoms with Gasteiger partial charge in [-0.1, -0.05) is 18.2 Å². The first-order valence-corrected chi connectivity index (χ1v) is 11.0. The van der Waals surface area contributed by atoms with Crippen molar-refractivity contribution in [2.45, 2.75) is 56.6 Å². The lowest BCUT2D eigenvalue weighted by Gasteiger charge is -2.56. The number of carbonyl (C=O) groups excluding carboxylic acids is 1. The fourth-order valence-electron chi connectivity index (χ4n) is 6.14. The summed E-state index contributed by atoms with van der Waals surface area (Å²) in [6.45, 7) is 2.00. The van der Waals surface area contributed by atoms with Crippen LogP contribution in [0.4, 0.5) is 4.79 Å². The van der Waals surface area contributed by atoms with Gasteiger partial charge in [0.15, 0.2) is 0 Å². The van der Waals surface area contributed by atoms with Crippen LogP contribution in [0.2, 0.25) is 0 Å². The summed E-state index contributed by atoms with van der Waals surface area (Å²) in [5.74, 6) is 2.41. The van der Waals surface area contributed by atoms with Gasteiger partial charge in [0.25, 0.3) is 0 Å². The molecule has 1 aromatic carbocycles. The van der Waals surface area contributed by atoms with Crippen LogP contribution in [0.25, 0.3) is 10.1 Å². The summed E-state index contributed by atoms with van der Waals surface area (Å²) >= 11 is 1.59. The highest BCUT2D eigenvalue weighted by atomic mass is 32.1. The number of benzene rings is 1. The van der Waals surface area contributed by atoms with E-state index >= 15 is 0 Å². The van der Waals surface area contributed by atoms with Crippen molar-refractivity contribution in [3.8, 4) is 0 Å². The van der Waals surface area contributed by atoms with Crippen molar-refractivity contribution >= 4 is 27.5 Å². The minimum atomic E-state index is -1.07. The van der Waals surface area contributed by atoms with Crippen molar-refractivity contribution in [2.75, 3.05) is 6.54 Å². The van der Waals surface area contributed by atoms with E-state index in [1.807, 2.05) is 18.2 Å². The number of aliphatic hydroxyl groups is 1. The molecule has 2 aromatic rings. The van der Waals surface area contributed by atoms with Gasteiger partial charge < -0.3 is 15.7 Å². The lowest BCUT2D eigenvalue weighted by atomic mass is 9.53. The van der Waals surface area contributed by atoms with Crippen LogP contribution in [0, 0.1) is 17.8 Å². The second-order valence-electron chi connectivity index (χ2n) is 9.43. The van der Waals surface area contributed by atoms with Crippen molar-refractivity contribution in [1.82, 2.24) is 10.6 Å². The molecule has 27 heavy (non-hydrogen) atoms. The van der Waals surface area contributed by atoms with Gasteiger partial charge in [0, 0.05) is 15.1 Å². The average Bonchev–Trinajstić information content (AvgIpc) is 3.04. The molecular weight excluding hydrogens is 356 g/mol. The van der Waals surface area contributed by atoms with Gasteiger partial charge in [-0.25, -0.2) is 4.79 Å². The molecule has 1 atom stereocenters. The van der Waals surface area contributed by atoms with Crippen molar-refractivity contribution < 1.29 is 9.90 Å². The van der Waals surface area contributed by atoms with Crippen LogP contribution in [0.1, 0.15) is 50.3 Å². The van der Waals surface area contributed by atoms with E-state index in [1.54, 1.807) is 18.3 Å². The van der Waals surface area contributed by atoms with Crippen LogP contribution in [-0.4, -0.2) is 23.2 Å². The molecule has 1 aromatic heterocycles. The number of fused-ring (bicyclic) bond motifs is 1. The molecule has 4 fully saturated rings. The third-order valence-corrected chi connectivity index (χ3v) is 8.34. The third kappa shape index (κ3) is 3.25. The number of nitrogens with one attached hydrogen (secondary N) is 2. The largest absolute Gasteiger partial charge is 0.383 e. The molecule has 3 N–H and O–H groups in total. The monoisotopic (exact) mass is 384 g/mol. The van der Waals surface area contributed by atoms with Gasteiger partial charge in [-0.2, -0.15) is 0 Å². The molecule has 5 heteroatoms. The van der Waals surface area contributed by atoms with E-state index in [4.69, 9.17) is 0 Å². The first kappa shape index (κ1) is 17.5. The topological polar surface area (TPSA) is 61.4 Å². The molecule has 4 nitrogen and oxygen atoms in total. The van der Waals surface area contributed by atoms with Crippen molar-refractivity contribution in [3.05, 3.63) is 35.2 Å². The summed E-state index contributed by atoms with van der Waals surface area (Å²) in [7, 11) is 0. The SMILES string of the molecule is CC(O)(CNC(=O)NC12CC3CC(CC(C3)C1)C2)c1cc2ccccc2s1. The van der Waals surface area contributed by atoms with Gasteiger partial charge in [-0.3, -0.25) is 0 Å². The number of carbonyl (C=O) groups is 1. The minimum Gasteiger partial charge on any atom is -0.383 e. The Morgan fingerprint density at radius 3 is 2.44 bits per heavy atom. The van der Waals surface area contributed by atoms with Crippen molar-refractivity contribution in [3.63, 3.8) is 0 Å². The molecule has 0 radical (unpaired) electrons. The highest BCUT2D eigenvalue weighted by Crippen LogP contribution is 2.55. The van der Waals surface area contributed by atoms with Crippen LogP contribution in [0.3, 0.4) is 0 Å². The van der Waals surface area contributed by atoms with Crippen LogP contribution in [0.5, 0.6) is 0 Å². The molecule has 0 spiro atoms. The van der Waals surface area contributed by atoms with E-state index in [2.05, 4.69) is 22.8 Å².